The van der Waals surface area contributed by atoms with Crippen molar-refractivity contribution in [1.29, 1.82) is 0 Å². The molecule has 2 aromatic carbocycles. The summed E-state index contributed by atoms with van der Waals surface area (Å²) in [6.07, 6.45) is -0.191. The zero-order valence-electron chi connectivity index (χ0n) is 10.7. The minimum atomic E-state index is -0.629. The Kier molecular flexibility index (Phi) is 5.49. The lowest BCUT2D eigenvalue weighted by molar-refractivity contribution is 0.177. The lowest BCUT2D eigenvalue weighted by Gasteiger charge is -2.15. The van der Waals surface area contributed by atoms with Crippen LogP contribution in [0.25, 0.3) is 0 Å². The summed E-state index contributed by atoms with van der Waals surface area (Å²) in [7, 11) is 1.61. The normalized spacial score (nSPS) is 12.2. The van der Waals surface area contributed by atoms with Gasteiger partial charge in [0.2, 0.25) is 0 Å². The zero-order chi connectivity index (χ0) is 14.7. The Balaban J connectivity index is 2.27. The second-order valence-electron chi connectivity index (χ2n) is 4.38. The van der Waals surface area contributed by atoms with Gasteiger partial charge in [-0.3, -0.25) is 0 Å². The Labute approximate surface area is 140 Å². The molecule has 2 aromatic rings. The number of halogens is 3. The van der Waals surface area contributed by atoms with Gasteiger partial charge in [-0.05, 0) is 47.5 Å². The van der Waals surface area contributed by atoms with Gasteiger partial charge in [-0.15, -0.1) is 0 Å². The fraction of sp³-hybridized carbons (Fsp3) is 0.200. The topological polar surface area (TPSA) is 29.5 Å². The van der Waals surface area contributed by atoms with E-state index in [0.717, 1.165) is 25.8 Å². The molecule has 0 aromatic heterocycles. The van der Waals surface area contributed by atoms with Gasteiger partial charge in [0.05, 0.1) is 13.2 Å². The highest BCUT2D eigenvalue weighted by molar-refractivity contribution is 9.11. The summed E-state index contributed by atoms with van der Waals surface area (Å²) in [6.45, 7) is 0. The van der Waals surface area contributed by atoms with Crippen LogP contribution >= 0.6 is 43.5 Å². The van der Waals surface area contributed by atoms with Crippen molar-refractivity contribution in [3.05, 3.63) is 61.5 Å². The van der Waals surface area contributed by atoms with Crippen molar-refractivity contribution in [3.63, 3.8) is 0 Å². The first-order valence-corrected chi connectivity index (χ1v) is 7.92. The third-order valence-electron chi connectivity index (χ3n) is 2.93. The number of aliphatic hydroxyl groups is 1. The summed E-state index contributed by atoms with van der Waals surface area (Å²) in [5, 5.41) is 11.0. The van der Waals surface area contributed by atoms with Crippen molar-refractivity contribution in [2.45, 2.75) is 12.5 Å². The molecule has 20 heavy (non-hydrogen) atoms. The van der Waals surface area contributed by atoms with Gasteiger partial charge >= 0.3 is 0 Å². The first-order valence-electron chi connectivity index (χ1n) is 5.96. The molecule has 0 saturated heterocycles. The van der Waals surface area contributed by atoms with Crippen LogP contribution in [0.5, 0.6) is 5.75 Å². The van der Waals surface area contributed by atoms with Gasteiger partial charge < -0.3 is 9.84 Å². The smallest absolute Gasteiger partial charge is 0.122 e. The summed E-state index contributed by atoms with van der Waals surface area (Å²) in [5.41, 5.74) is 1.71. The summed E-state index contributed by atoms with van der Waals surface area (Å²) >= 11 is 12.8. The van der Waals surface area contributed by atoms with Gasteiger partial charge in [-0.2, -0.15) is 0 Å². The number of hydrogen-bond acceptors (Lipinski definition) is 2. The Bertz CT molecular complexity index is 597. The molecule has 2 rings (SSSR count). The number of ether oxygens (including phenoxy) is 1. The minimum Gasteiger partial charge on any atom is -0.496 e. The molecule has 0 saturated carbocycles. The summed E-state index contributed by atoms with van der Waals surface area (Å²) in [4.78, 5) is 0. The Morgan fingerprint density at radius 2 is 1.80 bits per heavy atom. The van der Waals surface area contributed by atoms with Crippen molar-refractivity contribution in [1.82, 2.24) is 0 Å². The van der Waals surface area contributed by atoms with Crippen LogP contribution < -0.4 is 4.74 Å². The van der Waals surface area contributed by atoms with E-state index in [1.54, 1.807) is 19.2 Å². The molecule has 0 heterocycles. The van der Waals surface area contributed by atoms with Crippen molar-refractivity contribution < 1.29 is 9.84 Å². The van der Waals surface area contributed by atoms with E-state index in [-0.39, 0.29) is 0 Å². The van der Waals surface area contributed by atoms with Gasteiger partial charge in [0, 0.05) is 20.4 Å². The van der Waals surface area contributed by atoms with E-state index >= 15 is 0 Å². The molecule has 106 valence electrons. The number of aliphatic hydroxyl groups excluding tert-OH is 1. The molecule has 5 heteroatoms. The van der Waals surface area contributed by atoms with Crippen LogP contribution in [-0.2, 0) is 6.42 Å². The van der Waals surface area contributed by atoms with Gasteiger partial charge in [-0.25, -0.2) is 0 Å². The maximum Gasteiger partial charge on any atom is 0.122 e. The summed E-state index contributed by atoms with van der Waals surface area (Å²) in [5.74, 6) is 0.725. The lowest BCUT2D eigenvalue weighted by atomic mass is 10.0. The first kappa shape index (κ1) is 15.8. The monoisotopic (exact) mass is 418 g/mol. The number of hydrogen-bond donors (Lipinski definition) is 1. The van der Waals surface area contributed by atoms with E-state index < -0.39 is 6.10 Å². The fourth-order valence-electron chi connectivity index (χ4n) is 2.00. The Morgan fingerprint density at radius 3 is 2.40 bits per heavy atom. The van der Waals surface area contributed by atoms with Crippen molar-refractivity contribution >= 4 is 43.5 Å². The van der Waals surface area contributed by atoms with Gasteiger partial charge in [0.15, 0.2) is 0 Å². The van der Waals surface area contributed by atoms with Crippen LogP contribution in [0.1, 0.15) is 17.2 Å². The van der Waals surface area contributed by atoms with E-state index in [4.69, 9.17) is 16.3 Å². The minimum absolute atomic E-state index is 0.437. The fourth-order valence-corrected chi connectivity index (χ4v) is 3.52. The molecule has 1 unspecified atom stereocenters. The molecule has 0 bridgehead atoms. The van der Waals surface area contributed by atoms with Crippen molar-refractivity contribution in [3.8, 4) is 5.75 Å². The molecule has 2 nitrogen and oxygen atoms in total. The molecule has 1 N–H and O–H groups in total. The molecular formula is C15H13Br2ClO2. The number of benzene rings is 2. The average molecular weight is 421 g/mol. The molecule has 0 aliphatic carbocycles. The molecule has 0 aliphatic heterocycles. The van der Waals surface area contributed by atoms with Crippen molar-refractivity contribution in [2.75, 3.05) is 7.11 Å². The highest BCUT2D eigenvalue weighted by atomic mass is 79.9. The van der Waals surface area contributed by atoms with Gasteiger partial charge in [0.25, 0.3) is 0 Å². The maximum absolute atomic E-state index is 10.4. The second-order valence-corrected chi connectivity index (χ2v) is 6.65. The standard InChI is InChI=1S/C15H13Br2ClO2/c1-20-15-3-2-13(18)6-10(15)7-14(19)9-4-11(16)8-12(17)5-9/h2-6,8,14,19H,7H2,1H3. The molecule has 0 radical (unpaired) electrons. The SMILES string of the molecule is COc1ccc(Cl)cc1CC(O)c1cc(Br)cc(Br)c1. The second kappa shape index (κ2) is 6.94. The van der Waals surface area contributed by atoms with E-state index in [9.17, 15) is 5.11 Å². The van der Waals surface area contributed by atoms with Crippen LogP contribution in [0.15, 0.2) is 45.3 Å². The van der Waals surface area contributed by atoms with E-state index in [2.05, 4.69) is 31.9 Å². The highest BCUT2D eigenvalue weighted by Crippen LogP contribution is 2.30. The molecule has 1 atom stereocenters. The predicted octanol–water partition coefficient (Wildman–Crippen LogP) is 5.15. The molecule has 0 fully saturated rings. The summed E-state index contributed by atoms with van der Waals surface area (Å²) < 4.78 is 7.13. The van der Waals surface area contributed by atoms with E-state index in [0.29, 0.717) is 11.4 Å². The largest absolute Gasteiger partial charge is 0.496 e. The third-order valence-corrected chi connectivity index (χ3v) is 4.08. The molecule has 0 spiro atoms. The number of methoxy groups -OCH3 is 1. The van der Waals surface area contributed by atoms with Crippen LogP contribution in [-0.4, -0.2) is 12.2 Å². The third kappa shape index (κ3) is 3.98. The Morgan fingerprint density at radius 1 is 1.15 bits per heavy atom. The van der Waals surface area contributed by atoms with E-state index in [1.807, 2.05) is 24.3 Å². The first-order chi connectivity index (χ1) is 9.49. The summed E-state index contributed by atoms with van der Waals surface area (Å²) in [6, 6.07) is 11.1. The molecular weight excluding hydrogens is 407 g/mol. The molecule has 0 aliphatic rings. The average Bonchev–Trinajstić information content (AvgIpc) is 2.37. The zero-order valence-corrected chi connectivity index (χ0v) is 14.7. The van der Waals surface area contributed by atoms with Crippen LogP contribution in [0, 0.1) is 0 Å². The van der Waals surface area contributed by atoms with Crippen LogP contribution in [0.3, 0.4) is 0 Å². The van der Waals surface area contributed by atoms with Gasteiger partial charge in [0.1, 0.15) is 5.75 Å². The predicted molar refractivity (Wildman–Crippen MR) is 88.5 cm³/mol. The van der Waals surface area contributed by atoms with Crippen LogP contribution in [0.4, 0.5) is 0 Å². The Hall–Kier alpha value is -0.550. The molecule has 0 amide bonds. The van der Waals surface area contributed by atoms with Crippen molar-refractivity contribution in [2.24, 2.45) is 0 Å². The highest BCUT2D eigenvalue weighted by Gasteiger charge is 2.13. The van der Waals surface area contributed by atoms with Gasteiger partial charge in [-0.1, -0.05) is 43.5 Å². The van der Waals surface area contributed by atoms with E-state index in [1.165, 1.54) is 0 Å². The lowest BCUT2D eigenvalue weighted by Crippen LogP contribution is -2.03. The number of rotatable bonds is 4. The maximum atomic E-state index is 10.4. The quantitative estimate of drug-likeness (QED) is 0.741. The van der Waals surface area contributed by atoms with Crippen LogP contribution in [0.2, 0.25) is 5.02 Å².